The summed E-state index contributed by atoms with van der Waals surface area (Å²) in [5.41, 5.74) is 0. The maximum Gasteiger partial charge on any atom is 0.220 e. The quantitative estimate of drug-likeness (QED) is 0.0540. The van der Waals surface area contributed by atoms with Crippen LogP contribution >= 0.6 is 0 Å². The van der Waals surface area contributed by atoms with Crippen molar-refractivity contribution in [1.29, 1.82) is 0 Å². The molecular weight excluding hydrogens is 518 g/mol. The lowest BCUT2D eigenvalue weighted by atomic mass is 10.0. The second-order valence-corrected chi connectivity index (χ2v) is 12.3. The van der Waals surface area contributed by atoms with Crippen molar-refractivity contribution < 1.29 is 15.0 Å². The molecule has 42 heavy (non-hydrogen) atoms. The van der Waals surface area contributed by atoms with Crippen LogP contribution in [-0.2, 0) is 4.79 Å². The van der Waals surface area contributed by atoms with Crippen molar-refractivity contribution in [2.75, 3.05) is 6.61 Å². The zero-order valence-electron chi connectivity index (χ0n) is 28.0. The van der Waals surface area contributed by atoms with E-state index in [0.717, 1.165) is 44.9 Å². The molecule has 0 aliphatic carbocycles. The molecule has 0 rings (SSSR count). The van der Waals surface area contributed by atoms with Gasteiger partial charge in [-0.3, -0.25) is 4.79 Å². The number of carbonyl (C=O) groups excluding carboxylic acids is 1. The number of carbonyl (C=O) groups is 1. The van der Waals surface area contributed by atoms with Crippen molar-refractivity contribution in [2.24, 2.45) is 0 Å². The molecule has 0 bridgehead atoms. The zero-order chi connectivity index (χ0) is 30.8. The van der Waals surface area contributed by atoms with E-state index in [1.807, 2.05) is 6.08 Å². The van der Waals surface area contributed by atoms with Gasteiger partial charge in [0, 0.05) is 6.42 Å². The van der Waals surface area contributed by atoms with Gasteiger partial charge in [-0.15, -0.1) is 0 Å². The van der Waals surface area contributed by atoms with E-state index in [0.29, 0.717) is 6.42 Å². The Morgan fingerprint density at radius 2 is 0.952 bits per heavy atom. The molecule has 246 valence electrons. The van der Waals surface area contributed by atoms with Gasteiger partial charge in [0.2, 0.25) is 5.91 Å². The van der Waals surface area contributed by atoms with E-state index in [-0.39, 0.29) is 12.5 Å². The lowest BCUT2D eigenvalue weighted by Crippen LogP contribution is -2.45. The predicted octanol–water partition coefficient (Wildman–Crippen LogP) is 10.7. The second-order valence-electron chi connectivity index (χ2n) is 12.3. The van der Waals surface area contributed by atoms with Gasteiger partial charge in [-0.1, -0.05) is 159 Å². The van der Waals surface area contributed by atoms with E-state index in [4.69, 9.17) is 0 Å². The summed E-state index contributed by atoms with van der Waals surface area (Å²) >= 11 is 0. The van der Waals surface area contributed by atoms with Crippen LogP contribution in [0.1, 0.15) is 181 Å². The molecular formula is C38H71NO3. The zero-order valence-corrected chi connectivity index (χ0v) is 28.0. The first-order valence-electron chi connectivity index (χ1n) is 18.2. The Hall–Kier alpha value is -1.39. The smallest absolute Gasteiger partial charge is 0.220 e. The Morgan fingerprint density at radius 3 is 1.45 bits per heavy atom. The molecule has 0 fully saturated rings. The normalized spacial score (nSPS) is 13.5. The summed E-state index contributed by atoms with van der Waals surface area (Å²) < 4.78 is 0. The highest BCUT2D eigenvalue weighted by Gasteiger charge is 2.17. The first-order valence-corrected chi connectivity index (χ1v) is 18.2. The molecule has 0 spiro atoms. The first-order chi connectivity index (χ1) is 20.7. The molecule has 0 aromatic heterocycles. The van der Waals surface area contributed by atoms with E-state index in [2.05, 4.69) is 43.5 Å². The maximum absolute atomic E-state index is 12.2. The monoisotopic (exact) mass is 590 g/mol. The molecule has 0 saturated heterocycles. The van der Waals surface area contributed by atoms with Crippen LogP contribution in [0.25, 0.3) is 0 Å². The van der Waals surface area contributed by atoms with E-state index in [1.165, 1.54) is 116 Å². The summed E-state index contributed by atoms with van der Waals surface area (Å²) in [5.74, 6) is -0.0904. The molecule has 1 amide bonds. The van der Waals surface area contributed by atoms with Crippen molar-refractivity contribution >= 4 is 5.91 Å². The van der Waals surface area contributed by atoms with Gasteiger partial charge in [0.25, 0.3) is 0 Å². The SMILES string of the molecule is CCCC/C=C\CCCCCCC(=O)NC(CO)C(O)/C=C/CC/C=C/CCCCCCCCCCCCCCCC. The van der Waals surface area contributed by atoms with Gasteiger partial charge < -0.3 is 15.5 Å². The Kier molecular flexibility index (Phi) is 33.0. The molecule has 0 radical (unpaired) electrons. The van der Waals surface area contributed by atoms with Crippen LogP contribution in [0.5, 0.6) is 0 Å². The standard InChI is InChI=1S/C38H71NO3/c1-3-5-7-9-11-13-15-16-17-18-19-20-21-22-23-24-25-27-29-31-33-37(41)36(35-40)39-38(42)34-32-30-28-26-14-12-10-8-6-4-2/h10,12,24-25,31,33,36-37,40-41H,3-9,11,13-23,26-30,32,34-35H2,1-2H3,(H,39,42)/b12-10-,25-24+,33-31+. The summed E-state index contributed by atoms with van der Waals surface area (Å²) in [4.78, 5) is 12.2. The third-order valence-electron chi connectivity index (χ3n) is 8.10. The van der Waals surface area contributed by atoms with Crippen LogP contribution in [0.4, 0.5) is 0 Å². The lowest BCUT2D eigenvalue weighted by Gasteiger charge is -2.19. The van der Waals surface area contributed by atoms with E-state index in [9.17, 15) is 15.0 Å². The number of nitrogens with one attached hydrogen (secondary N) is 1. The fourth-order valence-electron chi connectivity index (χ4n) is 5.23. The number of aliphatic hydroxyl groups excluding tert-OH is 2. The fraction of sp³-hybridized carbons (Fsp3) is 0.816. The van der Waals surface area contributed by atoms with E-state index in [1.54, 1.807) is 6.08 Å². The molecule has 4 heteroatoms. The van der Waals surface area contributed by atoms with Crippen molar-refractivity contribution in [2.45, 2.75) is 193 Å². The van der Waals surface area contributed by atoms with Gasteiger partial charge in [-0.05, 0) is 51.4 Å². The van der Waals surface area contributed by atoms with Gasteiger partial charge >= 0.3 is 0 Å². The van der Waals surface area contributed by atoms with Gasteiger partial charge in [0.15, 0.2) is 0 Å². The summed E-state index contributed by atoms with van der Waals surface area (Å²) in [6.07, 6.45) is 43.8. The second kappa shape index (κ2) is 34.1. The summed E-state index contributed by atoms with van der Waals surface area (Å²) in [5, 5.41) is 22.8. The number of hydrogen-bond donors (Lipinski definition) is 3. The van der Waals surface area contributed by atoms with Crippen molar-refractivity contribution in [3.63, 3.8) is 0 Å². The fourth-order valence-corrected chi connectivity index (χ4v) is 5.23. The Balaban J connectivity index is 3.65. The molecule has 3 N–H and O–H groups in total. The Morgan fingerprint density at radius 1 is 0.548 bits per heavy atom. The molecule has 0 aliphatic rings. The van der Waals surface area contributed by atoms with Gasteiger partial charge in [0.1, 0.15) is 0 Å². The highest BCUT2D eigenvalue weighted by molar-refractivity contribution is 5.76. The summed E-state index contributed by atoms with van der Waals surface area (Å²) in [7, 11) is 0. The van der Waals surface area contributed by atoms with Crippen LogP contribution in [0.2, 0.25) is 0 Å². The van der Waals surface area contributed by atoms with Crippen LogP contribution < -0.4 is 5.32 Å². The number of amides is 1. The summed E-state index contributed by atoms with van der Waals surface area (Å²) in [6.45, 7) is 4.23. The number of aliphatic hydroxyl groups is 2. The minimum Gasteiger partial charge on any atom is -0.394 e. The number of rotatable bonds is 32. The number of unbranched alkanes of at least 4 members (excludes halogenated alkanes) is 21. The maximum atomic E-state index is 12.2. The third kappa shape index (κ3) is 30.1. The molecule has 4 nitrogen and oxygen atoms in total. The minimum atomic E-state index is -0.863. The Labute approximate surface area is 261 Å². The topological polar surface area (TPSA) is 69.6 Å². The molecule has 0 aromatic rings. The molecule has 0 heterocycles. The van der Waals surface area contributed by atoms with Gasteiger partial charge in [-0.25, -0.2) is 0 Å². The predicted molar refractivity (Wildman–Crippen MR) is 184 cm³/mol. The summed E-state index contributed by atoms with van der Waals surface area (Å²) in [6, 6.07) is -0.641. The third-order valence-corrected chi connectivity index (χ3v) is 8.10. The Bertz CT molecular complexity index is 642. The molecule has 0 aliphatic heterocycles. The van der Waals surface area contributed by atoms with Crippen LogP contribution in [-0.4, -0.2) is 34.9 Å². The van der Waals surface area contributed by atoms with Gasteiger partial charge in [-0.2, -0.15) is 0 Å². The largest absolute Gasteiger partial charge is 0.394 e. The van der Waals surface area contributed by atoms with Crippen molar-refractivity contribution in [1.82, 2.24) is 5.32 Å². The highest BCUT2D eigenvalue weighted by Crippen LogP contribution is 2.14. The van der Waals surface area contributed by atoms with Crippen LogP contribution in [0.15, 0.2) is 36.5 Å². The van der Waals surface area contributed by atoms with Gasteiger partial charge in [0.05, 0.1) is 18.8 Å². The van der Waals surface area contributed by atoms with E-state index < -0.39 is 12.1 Å². The lowest BCUT2D eigenvalue weighted by molar-refractivity contribution is -0.123. The average Bonchev–Trinajstić information content (AvgIpc) is 2.99. The number of hydrogen-bond acceptors (Lipinski definition) is 3. The molecule has 2 atom stereocenters. The van der Waals surface area contributed by atoms with E-state index >= 15 is 0 Å². The van der Waals surface area contributed by atoms with Crippen LogP contribution in [0.3, 0.4) is 0 Å². The first kappa shape index (κ1) is 40.6. The molecule has 2 unspecified atom stereocenters. The van der Waals surface area contributed by atoms with Crippen LogP contribution in [0, 0.1) is 0 Å². The van der Waals surface area contributed by atoms with Crippen molar-refractivity contribution in [3.8, 4) is 0 Å². The minimum absolute atomic E-state index is 0.0904. The van der Waals surface area contributed by atoms with Crippen molar-refractivity contribution in [3.05, 3.63) is 36.5 Å². The number of allylic oxidation sites excluding steroid dienone is 5. The molecule has 0 aromatic carbocycles. The average molecular weight is 590 g/mol. The highest BCUT2D eigenvalue weighted by atomic mass is 16.3. The molecule has 0 saturated carbocycles.